The van der Waals surface area contributed by atoms with Gasteiger partial charge in [0.15, 0.2) is 12.9 Å². The van der Waals surface area contributed by atoms with Crippen molar-refractivity contribution in [1.82, 2.24) is 0 Å². The van der Waals surface area contributed by atoms with Crippen LogP contribution in [0, 0.1) is 11.3 Å². The van der Waals surface area contributed by atoms with Gasteiger partial charge in [-0.1, -0.05) is 91.0 Å². The molecule has 0 spiro atoms. The SMILES string of the molecule is CC(C)(C)OC(=O)C(CC#N)=[P+]1C=C(c2ccccc2)C(c2ccccc2)=C1c1ccccc1. The first-order chi connectivity index (χ1) is 16.4. The minimum absolute atomic E-state index is 0.0254. The minimum atomic E-state index is -1.24. The highest BCUT2D eigenvalue weighted by molar-refractivity contribution is 7.74. The molecule has 0 saturated carbocycles. The summed E-state index contributed by atoms with van der Waals surface area (Å²) < 4.78 is 5.77. The molecule has 3 aromatic rings. The van der Waals surface area contributed by atoms with E-state index in [1.165, 1.54) is 0 Å². The van der Waals surface area contributed by atoms with Crippen molar-refractivity contribution in [1.29, 1.82) is 5.26 Å². The summed E-state index contributed by atoms with van der Waals surface area (Å²) in [4.78, 5) is 13.4. The summed E-state index contributed by atoms with van der Waals surface area (Å²) in [5, 5.41) is 11.3. The Kier molecular flexibility index (Phi) is 6.92. The van der Waals surface area contributed by atoms with Crippen LogP contribution < -0.4 is 0 Å². The number of carbonyl (C=O) groups is 1. The maximum atomic E-state index is 13.4. The van der Waals surface area contributed by atoms with E-state index in [2.05, 4.69) is 48.3 Å². The number of esters is 1. The molecule has 0 bridgehead atoms. The second-order valence-electron chi connectivity index (χ2n) is 9.02. The molecule has 1 atom stereocenters. The molecule has 3 nitrogen and oxygen atoms in total. The van der Waals surface area contributed by atoms with Crippen molar-refractivity contribution in [3.8, 4) is 6.07 Å². The molecule has 3 aromatic carbocycles. The number of hydrogen-bond donors (Lipinski definition) is 0. The van der Waals surface area contributed by atoms with E-state index in [0.717, 1.165) is 33.2 Å². The number of nitriles is 1. The van der Waals surface area contributed by atoms with Gasteiger partial charge in [0.05, 0.1) is 6.07 Å². The minimum Gasteiger partial charge on any atom is -0.454 e. The number of benzene rings is 3. The predicted octanol–water partition coefficient (Wildman–Crippen LogP) is 7.52. The zero-order valence-electron chi connectivity index (χ0n) is 19.7. The number of carbonyl (C=O) groups excluding carboxylic acids is 1. The van der Waals surface area contributed by atoms with E-state index in [1.54, 1.807) is 0 Å². The van der Waals surface area contributed by atoms with Gasteiger partial charge in [-0.15, -0.1) is 0 Å². The van der Waals surface area contributed by atoms with Gasteiger partial charge < -0.3 is 4.74 Å². The first-order valence-electron chi connectivity index (χ1n) is 11.3. The Hall–Kier alpha value is -3.73. The van der Waals surface area contributed by atoms with Crippen LogP contribution in [0.25, 0.3) is 16.5 Å². The lowest BCUT2D eigenvalue weighted by Crippen LogP contribution is -2.28. The van der Waals surface area contributed by atoms with Crippen molar-refractivity contribution in [2.24, 2.45) is 0 Å². The zero-order chi connectivity index (χ0) is 24.1. The van der Waals surface area contributed by atoms with Crippen molar-refractivity contribution in [3.05, 3.63) is 114 Å². The van der Waals surface area contributed by atoms with Crippen LogP contribution >= 0.6 is 7.55 Å². The smallest absolute Gasteiger partial charge is 0.379 e. The van der Waals surface area contributed by atoms with Gasteiger partial charge in [-0.25, -0.2) is 4.79 Å². The van der Waals surface area contributed by atoms with Crippen molar-refractivity contribution >= 4 is 35.3 Å². The first kappa shape index (κ1) is 23.4. The molecule has 1 aliphatic heterocycles. The topological polar surface area (TPSA) is 50.1 Å². The molecule has 1 aliphatic rings. The Bertz CT molecular complexity index is 1320. The van der Waals surface area contributed by atoms with Crippen LogP contribution in [0.1, 0.15) is 43.9 Å². The van der Waals surface area contributed by atoms with Gasteiger partial charge in [0.2, 0.25) is 5.29 Å². The molecule has 0 saturated heterocycles. The molecule has 34 heavy (non-hydrogen) atoms. The highest BCUT2D eigenvalue weighted by atomic mass is 31.1. The van der Waals surface area contributed by atoms with Gasteiger partial charge in [0.1, 0.15) is 17.8 Å². The van der Waals surface area contributed by atoms with Crippen LogP contribution in [0.3, 0.4) is 0 Å². The maximum Gasteiger partial charge on any atom is 0.379 e. The Balaban J connectivity index is 2.08. The summed E-state index contributed by atoms with van der Waals surface area (Å²) in [5.41, 5.74) is 4.76. The van der Waals surface area contributed by atoms with Crippen LogP contribution in [0.15, 0.2) is 96.8 Å². The lowest BCUT2D eigenvalue weighted by molar-refractivity contribution is -0.145. The van der Waals surface area contributed by atoms with Crippen LogP contribution in [0.5, 0.6) is 0 Å². The Morgan fingerprint density at radius 1 is 0.824 bits per heavy atom. The van der Waals surface area contributed by atoms with Gasteiger partial charge in [0.25, 0.3) is 0 Å². The molecule has 1 unspecified atom stereocenters. The van der Waals surface area contributed by atoms with Crippen molar-refractivity contribution in [2.75, 3.05) is 0 Å². The summed E-state index contributed by atoms with van der Waals surface area (Å²) in [6.07, 6.45) is 0.0254. The van der Waals surface area contributed by atoms with Crippen LogP contribution in [-0.4, -0.2) is 16.9 Å². The predicted molar refractivity (Wildman–Crippen MR) is 142 cm³/mol. The summed E-state index contributed by atoms with van der Waals surface area (Å²) in [7, 11) is -1.24. The second-order valence-corrected chi connectivity index (χ2v) is 11.0. The number of hydrogen-bond acceptors (Lipinski definition) is 3. The molecule has 0 fully saturated rings. The molecular formula is C30H27NO2P+. The van der Waals surface area contributed by atoms with E-state index < -0.39 is 19.1 Å². The van der Waals surface area contributed by atoms with E-state index in [0.29, 0.717) is 5.29 Å². The van der Waals surface area contributed by atoms with Crippen LogP contribution in [0.2, 0.25) is 0 Å². The quantitative estimate of drug-likeness (QED) is 0.290. The molecule has 0 amide bonds. The van der Waals surface area contributed by atoms with E-state index in [9.17, 15) is 10.1 Å². The molecule has 4 heteroatoms. The molecular weight excluding hydrogens is 437 g/mol. The average molecular weight is 465 g/mol. The van der Waals surface area contributed by atoms with E-state index in [-0.39, 0.29) is 6.42 Å². The monoisotopic (exact) mass is 464 g/mol. The van der Waals surface area contributed by atoms with Crippen molar-refractivity contribution < 1.29 is 9.53 Å². The van der Waals surface area contributed by atoms with Crippen molar-refractivity contribution in [2.45, 2.75) is 32.8 Å². The molecule has 0 aliphatic carbocycles. The highest BCUT2D eigenvalue weighted by Gasteiger charge is 2.40. The number of rotatable bonds is 5. The fourth-order valence-corrected chi connectivity index (χ4v) is 6.49. The largest absolute Gasteiger partial charge is 0.454 e. The standard InChI is InChI=1S/C30H27NO2P/c1-30(2,3)33-29(32)26(19-20-31)34-21-25(22-13-7-4-8-14-22)27(23-15-9-5-10-16-23)28(34)24-17-11-6-12-18-24/h4-18,21H,19H2,1-3H3/q+1. The van der Waals surface area contributed by atoms with E-state index >= 15 is 0 Å². The summed E-state index contributed by atoms with van der Waals surface area (Å²) in [6, 6.07) is 32.9. The van der Waals surface area contributed by atoms with Gasteiger partial charge in [-0.3, -0.25) is 0 Å². The molecule has 0 aromatic heterocycles. The molecule has 4 rings (SSSR count). The maximum absolute atomic E-state index is 13.4. The molecule has 0 N–H and O–H groups in total. The lowest BCUT2D eigenvalue weighted by Gasteiger charge is -2.18. The fraction of sp³-hybridized carbons (Fsp3) is 0.167. The number of nitrogens with zero attached hydrogens (tertiary/aromatic N) is 1. The normalized spacial score (nSPS) is 14.9. The lowest BCUT2D eigenvalue weighted by atomic mass is 9.92. The zero-order valence-corrected chi connectivity index (χ0v) is 20.6. The summed E-state index contributed by atoms with van der Waals surface area (Å²) in [5.74, 6) is 1.79. The Labute approximate surface area is 202 Å². The van der Waals surface area contributed by atoms with Gasteiger partial charge in [-0.05, 0) is 31.9 Å². The molecule has 1 heterocycles. The average Bonchev–Trinajstić information content (AvgIpc) is 3.23. The summed E-state index contributed by atoms with van der Waals surface area (Å²) in [6.45, 7) is 5.56. The highest BCUT2D eigenvalue weighted by Crippen LogP contribution is 2.59. The number of ether oxygens (including phenoxy) is 1. The summed E-state index contributed by atoms with van der Waals surface area (Å²) >= 11 is 0. The van der Waals surface area contributed by atoms with E-state index in [4.69, 9.17) is 4.74 Å². The third-order valence-corrected chi connectivity index (χ3v) is 7.77. The molecule has 0 radical (unpaired) electrons. The van der Waals surface area contributed by atoms with Gasteiger partial charge in [0, 0.05) is 16.7 Å². The van der Waals surface area contributed by atoms with E-state index in [1.807, 2.05) is 75.4 Å². The second kappa shape index (κ2) is 10.0. The first-order valence-corrected chi connectivity index (χ1v) is 12.7. The van der Waals surface area contributed by atoms with Crippen LogP contribution in [0.4, 0.5) is 0 Å². The third-order valence-electron chi connectivity index (χ3n) is 5.37. The number of allylic oxidation sites excluding steroid dienone is 2. The Morgan fingerprint density at radius 2 is 1.32 bits per heavy atom. The Morgan fingerprint density at radius 3 is 1.82 bits per heavy atom. The van der Waals surface area contributed by atoms with Crippen molar-refractivity contribution in [3.63, 3.8) is 0 Å². The van der Waals surface area contributed by atoms with Gasteiger partial charge >= 0.3 is 5.97 Å². The third kappa shape index (κ3) is 5.09. The van der Waals surface area contributed by atoms with Gasteiger partial charge in [-0.2, -0.15) is 5.26 Å². The molecule has 168 valence electrons. The van der Waals surface area contributed by atoms with Crippen LogP contribution in [-0.2, 0) is 9.53 Å². The fourth-order valence-electron chi connectivity index (χ4n) is 4.00.